The molecule has 0 aliphatic carbocycles. The molecule has 0 fully saturated rings. The molecule has 2 aromatic rings. The Hall–Kier alpha value is -2.82. The van der Waals surface area contributed by atoms with E-state index in [9.17, 15) is 14.9 Å². The molecule has 1 aliphatic heterocycles. The van der Waals surface area contributed by atoms with E-state index >= 15 is 0 Å². The highest BCUT2D eigenvalue weighted by Gasteiger charge is 2.28. The predicted molar refractivity (Wildman–Crippen MR) is 104 cm³/mol. The second-order valence-electron chi connectivity index (χ2n) is 5.39. The van der Waals surface area contributed by atoms with Crippen LogP contribution in [0.4, 0.5) is 0 Å². The van der Waals surface area contributed by atoms with E-state index in [4.69, 9.17) is 18.9 Å². The Balaban J connectivity index is 2.25. The fraction of sp³-hybridized carbons (Fsp3) is 0.167. The van der Waals surface area contributed by atoms with Gasteiger partial charge in [0, 0.05) is 15.2 Å². The van der Waals surface area contributed by atoms with Crippen LogP contribution >= 0.6 is 22.6 Å². The third-order valence-electron chi connectivity index (χ3n) is 3.90. The fourth-order valence-corrected chi connectivity index (χ4v) is 3.26. The lowest BCUT2D eigenvalue weighted by Crippen LogP contribution is -2.09. The van der Waals surface area contributed by atoms with E-state index in [1.165, 1.54) is 32.4 Å². The second-order valence-corrected chi connectivity index (χ2v) is 6.55. The molecule has 0 spiro atoms. The van der Waals surface area contributed by atoms with Crippen molar-refractivity contribution >= 4 is 40.3 Å². The summed E-state index contributed by atoms with van der Waals surface area (Å²) in [6.45, 7) is -0.0265. The first-order valence-corrected chi connectivity index (χ1v) is 8.75. The highest BCUT2D eigenvalue weighted by Crippen LogP contribution is 2.39. The largest absolute Gasteiger partial charge is 0.496 e. The van der Waals surface area contributed by atoms with E-state index in [0.29, 0.717) is 22.8 Å². The van der Waals surface area contributed by atoms with E-state index in [2.05, 4.69) is 22.6 Å². The lowest BCUT2D eigenvalue weighted by molar-refractivity contribution is -0.374. The molecule has 0 bridgehead atoms. The zero-order chi connectivity index (χ0) is 19.6. The summed E-state index contributed by atoms with van der Waals surface area (Å²) in [5, 5.41) is 11.8. The predicted octanol–water partition coefficient (Wildman–Crippen LogP) is 3.59. The summed E-state index contributed by atoms with van der Waals surface area (Å²) in [7, 11) is 2.68. The fourth-order valence-electron chi connectivity index (χ4n) is 2.63. The molecule has 0 amide bonds. The van der Waals surface area contributed by atoms with Crippen molar-refractivity contribution < 1.29 is 28.7 Å². The molecular weight excluding hydrogens is 469 g/mol. The van der Waals surface area contributed by atoms with Crippen LogP contribution in [0.25, 0.3) is 11.8 Å². The maximum atomic E-state index is 12.2. The monoisotopic (exact) mass is 483 g/mol. The SMILES string of the molecule is COC(=O)c1cc2c(cc1/C(=C\c1c(I)cccc1OC)[N+](=O)[O-])OCO2. The lowest BCUT2D eigenvalue weighted by atomic mass is 10.0. The van der Waals surface area contributed by atoms with Crippen LogP contribution in [0, 0.1) is 13.7 Å². The van der Waals surface area contributed by atoms with E-state index in [0.717, 1.165) is 3.57 Å². The van der Waals surface area contributed by atoms with Crippen molar-refractivity contribution in [2.24, 2.45) is 0 Å². The molecule has 140 valence electrons. The van der Waals surface area contributed by atoms with E-state index in [-0.39, 0.29) is 23.6 Å². The van der Waals surface area contributed by atoms with Crippen molar-refractivity contribution in [1.29, 1.82) is 0 Å². The number of nitrogens with zero attached hydrogens (tertiary/aromatic N) is 1. The number of ether oxygens (including phenoxy) is 4. The summed E-state index contributed by atoms with van der Waals surface area (Å²) in [4.78, 5) is 23.5. The van der Waals surface area contributed by atoms with Gasteiger partial charge in [-0.2, -0.15) is 0 Å². The molecule has 0 unspecified atom stereocenters. The van der Waals surface area contributed by atoms with Crippen LogP contribution < -0.4 is 14.2 Å². The molecule has 0 radical (unpaired) electrons. The van der Waals surface area contributed by atoms with Crippen molar-refractivity contribution in [3.8, 4) is 17.2 Å². The topological polar surface area (TPSA) is 97.1 Å². The molecule has 0 N–H and O–H groups in total. The zero-order valence-electron chi connectivity index (χ0n) is 14.4. The van der Waals surface area contributed by atoms with Crippen LogP contribution in [0.3, 0.4) is 0 Å². The van der Waals surface area contributed by atoms with Gasteiger partial charge in [0.2, 0.25) is 6.79 Å². The first kappa shape index (κ1) is 19.0. The molecule has 2 aromatic carbocycles. The normalized spacial score (nSPS) is 12.6. The Kier molecular flexibility index (Phi) is 5.49. The van der Waals surface area contributed by atoms with Crippen molar-refractivity contribution in [3.63, 3.8) is 0 Å². The lowest BCUT2D eigenvalue weighted by Gasteiger charge is -2.10. The number of carbonyl (C=O) groups excluding carboxylic acids is 1. The Morgan fingerprint density at radius 3 is 2.48 bits per heavy atom. The standard InChI is InChI=1S/C18H14INO7/c1-24-15-5-3-4-13(19)12(15)6-14(20(22)23)10-7-16-17(27-9-26-16)8-11(10)18(21)25-2/h3-8H,9H2,1-2H3/b14-6+. The second kappa shape index (κ2) is 7.82. The molecule has 9 heteroatoms. The zero-order valence-corrected chi connectivity index (χ0v) is 16.5. The molecule has 0 saturated carbocycles. The van der Waals surface area contributed by atoms with Crippen LogP contribution in [-0.2, 0) is 4.74 Å². The number of hydrogen-bond acceptors (Lipinski definition) is 7. The third-order valence-corrected chi connectivity index (χ3v) is 4.85. The summed E-state index contributed by atoms with van der Waals surface area (Å²) in [6, 6.07) is 8.07. The maximum absolute atomic E-state index is 12.2. The number of carbonyl (C=O) groups is 1. The molecular formula is C18H14INO7. The summed E-state index contributed by atoms with van der Waals surface area (Å²) >= 11 is 2.06. The average Bonchev–Trinajstić information content (AvgIpc) is 3.12. The molecule has 0 saturated heterocycles. The van der Waals surface area contributed by atoms with Crippen molar-refractivity contribution in [2.75, 3.05) is 21.0 Å². The highest BCUT2D eigenvalue weighted by atomic mass is 127. The molecule has 27 heavy (non-hydrogen) atoms. The van der Waals surface area contributed by atoms with Crippen LogP contribution in [0.2, 0.25) is 0 Å². The van der Waals surface area contributed by atoms with Gasteiger partial charge in [0.25, 0.3) is 5.70 Å². The summed E-state index contributed by atoms with van der Waals surface area (Å²) in [5.41, 5.74) is 0.310. The van der Waals surface area contributed by atoms with Gasteiger partial charge in [0.15, 0.2) is 11.5 Å². The molecule has 1 heterocycles. The minimum atomic E-state index is -0.717. The van der Waals surface area contributed by atoms with E-state index < -0.39 is 10.9 Å². The molecule has 0 atom stereocenters. The first-order valence-electron chi connectivity index (χ1n) is 7.67. The third kappa shape index (κ3) is 3.68. The summed E-state index contributed by atoms with van der Waals surface area (Å²) < 4.78 is 21.4. The van der Waals surface area contributed by atoms with E-state index in [1.54, 1.807) is 18.2 Å². The van der Waals surface area contributed by atoms with Crippen LogP contribution in [0.5, 0.6) is 17.2 Å². The number of benzene rings is 2. The number of rotatable bonds is 5. The van der Waals surface area contributed by atoms with Gasteiger partial charge in [0.05, 0.1) is 30.3 Å². The van der Waals surface area contributed by atoms with E-state index in [1.807, 2.05) is 0 Å². The molecule has 1 aliphatic rings. The quantitative estimate of drug-likeness (QED) is 0.211. The number of esters is 1. The maximum Gasteiger partial charge on any atom is 0.338 e. The van der Waals surface area contributed by atoms with Gasteiger partial charge in [-0.05, 0) is 46.9 Å². The average molecular weight is 483 g/mol. The Labute approximate surface area is 168 Å². The van der Waals surface area contributed by atoms with Crippen LogP contribution in [0.15, 0.2) is 30.3 Å². The minimum absolute atomic E-state index is 0.00889. The van der Waals surface area contributed by atoms with Crippen LogP contribution in [-0.4, -0.2) is 31.9 Å². The summed E-state index contributed by atoms with van der Waals surface area (Å²) in [6.07, 6.45) is 1.37. The van der Waals surface area contributed by atoms with Gasteiger partial charge in [0.1, 0.15) is 5.75 Å². The molecule has 0 aromatic heterocycles. The van der Waals surface area contributed by atoms with Crippen LogP contribution in [0.1, 0.15) is 21.5 Å². The number of fused-ring (bicyclic) bond motifs is 1. The van der Waals surface area contributed by atoms with Crippen molar-refractivity contribution in [2.45, 2.75) is 0 Å². The van der Waals surface area contributed by atoms with Gasteiger partial charge in [-0.1, -0.05) is 6.07 Å². The number of methoxy groups -OCH3 is 2. The number of hydrogen-bond donors (Lipinski definition) is 0. The first-order chi connectivity index (χ1) is 13.0. The molecule has 8 nitrogen and oxygen atoms in total. The van der Waals surface area contributed by atoms with Crippen molar-refractivity contribution in [3.05, 3.63) is 60.7 Å². The Morgan fingerprint density at radius 2 is 1.89 bits per heavy atom. The van der Waals surface area contributed by atoms with Gasteiger partial charge in [-0.25, -0.2) is 4.79 Å². The smallest absolute Gasteiger partial charge is 0.338 e. The summed E-state index contributed by atoms with van der Waals surface area (Å²) in [5.74, 6) is 0.404. The Morgan fingerprint density at radius 1 is 1.22 bits per heavy atom. The van der Waals surface area contributed by atoms with Gasteiger partial charge in [-0.3, -0.25) is 10.1 Å². The minimum Gasteiger partial charge on any atom is -0.496 e. The van der Waals surface area contributed by atoms with Gasteiger partial charge >= 0.3 is 5.97 Å². The van der Waals surface area contributed by atoms with Crippen molar-refractivity contribution in [1.82, 2.24) is 0 Å². The van der Waals surface area contributed by atoms with Gasteiger partial charge in [-0.15, -0.1) is 0 Å². The number of nitro groups is 1. The Bertz CT molecular complexity index is 955. The molecule has 3 rings (SSSR count). The number of halogens is 1. The van der Waals surface area contributed by atoms with Gasteiger partial charge < -0.3 is 18.9 Å². The highest BCUT2D eigenvalue weighted by molar-refractivity contribution is 14.1.